The third-order valence-corrected chi connectivity index (χ3v) is 2.80. The van der Waals surface area contributed by atoms with Gasteiger partial charge in [-0.05, 0) is 30.2 Å². The minimum atomic E-state index is -1.07. The molecule has 5 nitrogen and oxygen atoms in total. The van der Waals surface area contributed by atoms with Crippen molar-refractivity contribution in [3.8, 4) is 0 Å². The zero-order chi connectivity index (χ0) is 13.8. The molecule has 1 heterocycles. The highest BCUT2D eigenvalue weighted by atomic mass is 16.4. The zero-order valence-corrected chi connectivity index (χ0v) is 10.6. The van der Waals surface area contributed by atoms with Crippen LogP contribution in [0.5, 0.6) is 0 Å². The van der Waals surface area contributed by atoms with Crippen LogP contribution < -0.4 is 11.1 Å². The van der Waals surface area contributed by atoms with Gasteiger partial charge in [0, 0.05) is 5.69 Å². The van der Waals surface area contributed by atoms with E-state index in [-0.39, 0.29) is 11.3 Å². The van der Waals surface area contributed by atoms with Gasteiger partial charge in [-0.25, -0.2) is 9.78 Å². The first-order chi connectivity index (χ1) is 9.10. The lowest BCUT2D eigenvalue weighted by atomic mass is 10.1. The standard InChI is InChI=1S/C14H15N3O2/c1-2-9-3-5-10(6-4-9)17-13-7-11(14(18)19)12(15)8-16-13/h3-8H,2,15H2,1H3,(H,16,17)(H,18,19). The summed E-state index contributed by atoms with van der Waals surface area (Å²) in [5, 5.41) is 12.0. The minimum Gasteiger partial charge on any atom is -0.478 e. The van der Waals surface area contributed by atoms with Crippen LogP contribution in [0.1, 0.15) is 22.8 Å². The molecule has 0 aliphatic rings. The Morgan fingerprint density at radius 3 is 2.63 bits per heavy atom. The van der Waals surface area contributed by atoms with E-state index < -0.39 is 5.97 Å². The SMILES string of the molecule is CCc1ccc(Nc2cc(C(=O)O)c(N)cn2)cc1. The van der Waals surface area contributed by atoms with Crippen molar-refractivity contribution in [1.29, 1.82) is 0 Å². The summed E-state index contributed by atoms with van der Waals surface area (Å²) in [7, 11) is 0. The van der Waals surface area contributed by atoms with Gasteiger partial charge < -0.3 is 16.2 Å². The Labute approximate surface area is 111 Å². The molecule has 0 unspecified atom stereocenters. The second-order valence-electron chi connectivity index (χ2n) is 4.14. The van der Waals surface area contributed by atoms with Crippen LogP contribution in [0.4, 0.5) is 17.2 Å². The number of carbonyl (C=O) groups is 1. The van der Waals surface area contributed by atoms with Crippen LogP contribution in [-0.2, 0) is 6.42 Å². The fourth-order valence-electron chi connectivity index (χ4n) is 1.69. The maximum atomic E-state index is 11.0. The van der Waals surface area contributed by atoms with E-state index in [0.717, 1.165) is 12.1 Å². The number of anilines is 3. The van der Waals surface area contributed by atoms with Gasteiger partial charge in [0.15, 0.2) is 0 Å². The van der Waals surface area contributed by atoms with E-state index in [1.165, 1.54) is 17.8 Å². The molecule has 1 aromatic carbocycles. The van der Waals surface area contributed by atoms with Gasteiger partial charge in [-0.1, -0.05) is 19.1 Å². The van der Waals surface area contributed by atoms with Gasteiger partial charge in [0.25, 0.3) is 0 Å². The molecule has 2 aromatic rings. The summed E-state index contributed by atoms with van der Waals surface area (Å²) in [6.45, 7) is 2.09. The third-order valence-electron chi connectivity index (χ3n) is 2.80. The van der Waals surface area contributed by atoms with Crippen molar-refractivity contribution in [2.75, 3.05) is 11.1 Å². The highest BCUT2D eigenvalue weighted by molar-refractivity contribution is 5.94. The summed E-state index contributed by atoms with van der Waals surface area (Å²) in [5.74, 6) is -0.611. The normalized spacial score (nSPS) is 10.2. The minimum absolute atomic E-state index is 0.0441. The first-order valence-electron chi connectivity index (χ1n) is 5.95. The van der Waals surface area contributed by atoms with Gasteiger partial charge >= 0.3 is 5.97 Å². The molecule has 0 saturated carbocycles. The molecule has 0 spiro atoms. The number of benzene rings is 1. The maximum Gasteiger partial charge on any atom is 0.337 e. The van der Waals surface area contributed by atoms with E-state index in [0.29, 0.717) is 5.82 Å². The second kappa shape index (κ2) is 5.39. The molecule has 5 heteroatoms. The van der Waals surface area contributed by atoms with E-state index in [2.05, 4.69) is 17.2 Å². The van der Waals surface area contributed by atoms with Crippen molar-refractivity contribution in [3.05, 3.63) is 47.7 Å². The van der Waals surface area contributed by atoms with Gasteiger partial charge in [-0.3, -0.25) is 0 Å². The number of carboxylic acids is 1. The molecule has 0 aliphatic heterocycles. The van der Waals surface area contributed by atoms with Gasteiger partial charge in [0.05, 0.1) is 17.4 Å². The van der Waals surface area contributed by atoms with Crippen LogP contribution in [0.3, 0.4) is 0 Å². The van der Waals surface area contributed by atoms with Crippen molar-refractivity contribution < 1.29 is 9.90 Å². The Morgan fingerprint density at radius 2 is 2.05 bits per heavy atom. The molecule has 2 rings (SSSR count). The van der Waals surface area contributed by atoms with Crippen LogP contribution >= 0.6 is 0 Å². The smallest absolute Gasteiger partial charge is 0.337 e. The molecule has 0 fully saturated rings. The topological polar surface area (TPSA) is 88.2 Å². The van der Waals surface area contributed by atoms with Gasteiger partial charge in [0.1, 0.15) is 5.82 Å². The lowest BCUT2D eigenvalue weighted by Crippen LogP contribution is -2.05. The molecule has 0 saturated heterocycles. The average Bonchev–Trinajstić information content (AvgIpc) is 2.41. The highest BCUT2D eigenvalue weighted by Crippen LogP contribution is 2.19. The lowest BCUT2D eigenvalue weighted by Gasteiger charge is -2.08. The van der Waals surface area contributed by atoms with E-state index >= 15 is 0 Å². The number of nitrogen functional groups attached to an aromatic ring is 1. The number of hydrogen-bond donors (Lipinski definition) is 3. The molecule has 0 aliphatic carbocycles. The van der Waals surface area contributed by atoms with Crippen LogP contribution in [0.15, 0.2) is 36.5 Å². The first kappa shape index (κ1) is 12.9. The third kappa shape index (κ3) is 3.01. The predicted octanol–water partition coefficient (Wildman–Crippen LogP) is 2.67. The molecular formula is C14H15N3O2. The second-order valence-corrected chi connectivity index (χ2v) is 4.14. The van der Waals surface area contributed by atoms with E-state index in [1.54, 1.807) is 0 Å². The summed E-state index contributed by atoms with van der Waals surface area (Å²) in [5.41, 5.74) is 7.84. The van der Waals surface area contributed by atoms with Crippen LogP contribution in [0.25, 0.3) is 0 Å². The quantitative estimate of drug-likeness (QED) is 0.783. The highest BCUT2D eigenvalue weighted by Gasteiger charge is 2.09. The fraction of sp³-hybridized carbons (Fsp3) is 0.143. The molecular weight excluding hydrogens is 242 g/mol. The fourth-order valence-corrected chi connectivity index (χ4v) is 1.69. The van der Waals surface area contributed by atoms with Crippen LogP contribution in [-0.4, -0.2) is 16.1 Å². The molecule has 4 N–H and O–H groups in total. The molecule has 0 radical (unpaired) electrons. The summed E-state index contributed by atoms with van der Waals surface area (Å²) >= 11 is 0. The number of nitrogens with two attached hydrogens (primary N) is 1. The average molecular weight is 257 g/mol. The Hall–Kier alpha value is -2.56. The number of aromatic carboxylic acids is 1. The molecule has 0 bridgehead atoms. The number of aromatic nitrogens is 1. The molecule has 19 heavy (non-hydrogen) atoms. The van der Waals surface area contributed by atoms with Crippen molar-refractivity contribution in [1.82, 2.24) is 4.98 Å². The van der Waals surface area contributed by atoms with E-state index in [1.807, 2.05) is 24.3 Å². The number of pyridine rings is 1. The molecule has 1 aromatic heterocycles. The van der Waals surface area contributed by atoms with Crippen LogP contribution in [0.2, 0.25) is 0 Å². The number of nitrogens with zero attached hydrogens (tertiary/aromatic N) is 1. The van der Waals surface area contributed by atoms with Crippen molar-refractivity contribution >= 4 is 23.2 Å². The van der Waals surface area contributed by atoms with E-state index in [9.17, 15) is 4.79 Å². The number of carboxylic acid groups (broad SMARTS) is 1. The Morgan fingerprint density at radius 1 is 1.37 bits per heavy atom. The number of rotatable bonds is 4. The van der Waals surface area contributed by atoms with Crippen molar-refractivity contribution in [3.63, 3.8) is 0 Å². The lowest BCUT2D eigenvalue weighted by molar-refractivity contribution is 0.0698. The molecule has 98 valence electrons. The summed E-state index contributed by atoms with van der Waals surface area (Å²) in [6, 6.07) is 9.30. The largest absolute Gasteiger partial charge is 0.478 e. The zero-order valence-electron chi connectivity index (χ0n) is 10.6. The van der Waals surface area contributed by atoms with E-state index in [4.69, 9.17) is 10.8 Å². The number of hydrogen-bond acceptors (Lipinski definition) is 4. The summed E-state index contributed by atoms with van der Waals surface area (Å²) in [6.07, 6.45) is 2.32. The summed E-state index contributed by atoms with van der Waals surface area (Å²) < 4.78 is 0. The predicted molar refractivity (Wildman–Crippen MR) is 74.7 cm³/mol. The van der Waals surface area contributed by atoms with Gasteiger partial charge in [0.2, 0.25) is 0 Å². The van der Waals surface area contributed by atoms with Crippen molar-refractivity contribution in [2.45, 2.75) is 13.3 Å². The molecule has 0 atom stereocenters. The Kier molecular flexibility index (Phi) is 3.66. The number of nitrogens with one attached hydrogen (secondary N) is 1. The van der Waals surface area contributed by atoms with Gasteiger partial charge in [-0.2, -0.15) is 0 Å². The summed E-state index contributed by atoms with van der Waals surface area (Å²) in [4.78, 5) is 15.0. The molecule has 0 amide bonds. The maximum absolute atomic E-state index is 11.0. The first-order valence-corrected chi connectivity index (χ1v) is 5.95. The van der Waals surface area contributed by atoms with Gasteiger partial charge in [-0.15, -0.1) is 0 Å². The number of aryl methyl sites for hydroxylation is 1. The Bertz CT molecular complexity index is 594. The van der Waals surface area contributed by atoms with Crippen LogP contribution in [0, 0.1) is 0 Å². The Balaban J connectivity index is 2.22. The van der Waals surface area contributed by atoms with Crippen molar-refractivity contribution in [2.24, 2.45) is 0 Å². The monoisotopic (exact) mass is 257 g/mol.